The van der Waals surface area contributed by atoms with Crippen molar-refractivity contribution >= 4 is 29.7 Å². The van der Waals surface area contributed by atoms with Crippen LogP contribution in [-0.4, -0.2) is 34.3 Å². The van der Waals surface area contributed by atoms with Crippen molar-refractivity contribution in [1.29, 1.82) is 0 Å². The van der Waals surface area contributed by atoms with Crippen LogP contribution in [0.4, 0.5) is 23.5 Å². The zero-order valence-corrected chi connectivity index (χ0v) is 14.9. The average Bonchev–Trinajstić information content (AvgIpc) is 3.24. The summed E-state index contributed by atoms with van der Waals surface area (Å²) in [6.45, 7) is 1.92. The Morgan fingerprint density at radius 2 is 1.48 bits per heavy atom. The standard InChI is InChI=1S/C20H21N7/c1-3-9-16(10-4-1)15-21-26-19-23-18(22-17-11-5-2-6-12-17)24-20(25-19)27-13-7-8-14-27/h1-6,9-12,15H,7-8,13-14H2,(H2,22,23,24,25,26)/b21-15-. The Hall–Kier alpha value is -3.48. The molecule has 3 aromatic rings. The number of anilines is 4. The number of aromatic nitrogens is 3. The first-order valence-corrected chi connectivity index (χ1v) is 9.04. The highest BCUT2D eigenvalue weighted by molar-refractivity contribution is 5.79. The molecule has 7 heteroatoms. The van der Waals surface area contributed by atoms with Gasteiger partial charge in [0, 0.05) is 18.8 Å². The van der Waals surface area contributed by atoms with Crippen molar-refractivity contribution in [3.05, 3.63) is 66.2 Å². The third kappa shape index (κ3) is 4.58. The molecule has 2 N–H and O–H groups in total. The number of benzene rings is 2. The second-order valence-electron chi connectivity index (χ2n) is 6.25. The van der Waals surface area contributed by atoms with Gasteiger partial charge in [0.2, 0.25) is 17.8 Å². The third-order valence-electron chi connectivity index (χ3n) is 4.22. The fraction of sp³-hybridized carbons (Fsp3) is 0.200. The van der Waals surface area contributed by atoms with Gasteiger partial charge >= 0.3 is 0 Å². The van der Waals surface area contributed by atoms with Crippen LogP contribution in [0.15, 0.2) is 65.8 Å². The first kappa shape index (κ1) is 17.0. The van der Waals surface area contributed by atoms with E-state index in [-0.39, 0.29) is 0 Å². The van der Waals surface area contributed by atoms with E-state index in [0.29, 0.717) is 17.8 Å². The Balaban J connectivity index is 1.56. The van der Waals surface area contributed by atoms with Crippen molar-refractivity contribution in [2.45, 2.75) is 12.8 Å². The molecule has 0 atom stereocenters. The SMILES string of the molecule is C(=N/Nc1nc(Nc2ccccc2)nc(N2CCCC2)n1)/c1ccccc1. The largest absolute Gasteiger partial charge is 0.341 e. The van der Waals surface area contributed by atoms with Gasteiger partial charge in [0.15, 0.2) is 0 Å². The van der Waals surface area contributed by atoms with E-state index in [1.807, 2.05) is 60.7 Å². The third-order valence-corrected chi connectivity index (χ3v) is 4.22. The number of nitrogens with one attached hydrogen (secondary N) is 2. The van der Waals surface area contributed by atoms with Gasteiger partial charge in [-0.1, -0.05) is 48.5 Å². The van der Waals surface area contributed by atoms with Gasteiger partial charge in [-0.25, -0.2) is 5.43 Å². The fourth-order valence-corrected chi connectivity index (χ4v) is 2.88. The van der Waals surface area contributed by atoms with Crippen LogP contribution in [0.2, 0.25) is 0 Å². The number of rotatable bonds is 6. The Morgan fingerprint density at radius 3 is 2.22 bits per heavy atom. The lowest BCUT2D eigenvalue weighted by Gasteiger charge is -2.16. The van der Waals surface area contributed by atoms with E-state index in [2.05, 4.69) is 35.7 Å². The van der Waals surface area contributed by atoms with Gasteiger partial charge in [-0.05, 0) is 30.5 Å². The van der Waals surface area contributed by atoms with Gasteiger partial charge in [-0.2, -0.15) is 20.1 Å². The zero-order chi connectivity index (χ0) is 18.3. The van der Waals surface area contributed by atoms with Crippen LogP contribution >= 0.6 is 0 Å². The fourth-order valence-electron chi connectivity index (χ4n) is 2.88. The van der Waals surface area contributed by atoms with E-state index in [0.717, 1.165) is 37.2 Å². The maximum Gasteiger partial charge on any atom is 0.250 e. The van der Waals surface area contributed by atoms with Crippen LogP contribution in [0.1, 0.15) is 18.4 Å². The number of hydrazone groups is 1. The topological polar surface area (TPSA) is 78.3 Å². The Bertz CT molecular complexity index is 891. The van der Waals surface area contributed by atoms with E-state index in [1.54, 1.807) is 6.21 Å². The van der Waals surface area contributed by atoms with Crippen molar-refractivity contribution in [3.63, 3.8) is 0 Å². The lowest BCUT2D eigenvalue weighted by Crippen LogP contribution is -2.21. The van der Waals surface area contributed by atoms with Crippen molar-refractivity contribution in [1.82, 2.24) is 15.0 Å². The molecule has 0 saturated carbocycles. The van der Waals surface area contributed by atoms with Gasteiger partial charge in [-0.3, -0.25) is 0 Å². The summed E-state index contributed by atoms with van der Waals surface area (Å²) >= 11 is 0. The first-order valence-electron chi connectivity index (χ1n) is 9.04. The number of hydrogen-bond donors (Lipinski definition) is 2. The summed E-state index contributed by atoms with van der Waals surface area (Å²) in [7, 11) is 0. The van der Waals surface area contributed by atoms with E-state index in [1.165, 1.54) is 0 Å². The molecule has 1 aromatic heterocycles. The van der Waals surface area contributed by atoms with Crippen molar-refractivity contribution in [2.75, 3.05) is 28.7 Å². The normalized spacial score (nSPS) is 13.9. The minimum absolute atomic E-state index is 0.414. The maximum atomic E-state index is 4.58. The van der Waals surface area contributed by atoms with Gasteiger partial charge in [0.05, 0.1) is 6.21 Å². The van der Waals surface area contributed by atoms with Gasteiger partial charge in [0.1, 0.15) is 0 Å². The number of para-hydroxylation sites is 1. The molecule has 0 unspecified atom stereocenters. The van der Waals surface area contributed by atoms with E-state index in [4.69, 9.17) is 0 Å². The molecule has 1 fully saturated rings. The summed E-state index contributed by atoms with van der Waals surface area (Å²) in [6, 6.07) is 19.7. The molecule has 7 nitrogen and oxygen atoms in total. The molecule has 136 valence electrons. The predicted octanol–water partition coefficient (Wildman–Crippen LogP) is 3.66. The second-order valence-corrected chi connectivity index (χ2v) is 6.25. The average molecular weight is 359 g/mol. The van der Waals surface area contributed by atoms with Crippen LogP contribution in [0.3, 0.4) is 0 Å². The molecule has 2 heterocycles. The highest BCUT2D eigenvalue weighted by atomic mass is 15.4. The minimum atomic E-state index is 0.414. The summed E-state index contributed by atoms with van der Waals surface area (Å²) < 4.78 is 0. The van der Waals surface area contributed by atoms with Gasteiger partial charge in [0.25, 0.3) is 0 Å². The molecular weight excluding hydrogens is 338 g/mol. The van der Waals surface area contributed by atoms with Gasteiger partial charge in [-0.15, -0.1) is 0 Å². The number of nitrogens with zero attached hydrogens (tertiary/aromatic N) is 5. The molecular formula is C20H21N7. The summed E-state index contributed by atoms with van der Waals surface area (Å²) in [4.78, 5) is 15.7. The van der Waals surface area contributed by atoms with E-state index >= 15 is 0 Å². The van der Waals surface area contributed by atoms with Gasteiger partial charge < -0.3 is 10.2 Å². The van der Waals surface area contributed by atoms with Crippen LogP contribution < -0.4 is 15.6 Å². The summed E-state index contributed by atoms with van der Waals surface area (Å²) in [6.07, 6.45) is 4.05. The lowest BCUT2D eigenvalue weighted by molar-refractivity contribution is 0.883. The van der Waals surface area contributed by atoms with E-state index < -0.39 is 0 Å². The summed E-state index contributed by atoms with van der Waals surface area (Å²) in [5.74, 6) is 1.58. The molecule has 0 radical (unpaired) electrons. The molecule has 0 spiro atoms. The molecule has 1 saturated heterocycles. The van der Waals surface area contributed by atoms with Crippen LogP contribution in [0.5, 0.6) is 0 Å². The van der Waals surface area contributed by atoms with Crippen molar-refractivity contribution in [3.8, 4) is 0 Å². The Kier molecular flexibility index (Phi) is 5.19. The Morgan fingerprint density at radius 1 is 0.815 bits per heavy atom. The highest BCUT2D eigenvalue weighted by Crippen LogP contribution is 2.20. The molecule has 2 aromatic carbocycles. The maximum absolute atomic E-state index is 4.58. The van der Waals surface area contributed by atoms with Crippen LogP contribution in [-0.2, 0) is 0 Å². The minimum Gasteiger partial charge on any atom is -0.341 e. The van der Waals surface area contributed by atoms with Crippen LogP contribution in [0, 0.1) is 0 Å². The molecule has 4 rings (SSSR count). The lowest BCUT2D eigenvalue weighted by atomic mass is 10.2. The molecule has 1 aliphatic rings. The molecule has 0 bridgehead atoms. The van der Waals surface area contributed by atoms with E-state index in [9.17, 15) is 0 Å². The first-order chi connectivity index (χ1) is 13.4. The zero-order valence-electron chi connectivity index (χ0n) is 14.9. The molecule has 27 heavy (non-hydrogen) atoms. The quantitative estimate of drug-likeness (QED) is 0.516. The molecule has 0 aliphatic carbocycles. The monoisotopic (exact) mass is 359 g/mol. The molecule has 0 amide bonds. The summed E-state index contributed by atoms with van der Waals surface area (Å²) in [5.41, 5.74) is 4.85. The summed E-state index contributed by atoms with van der Waals surface area (Å²) in [5, 5.41) is 7.49. The second kappa shape index (κ2) is 8.27. The highest BCUT2D eigenvalue weighted by Gasteiger charge is 2.17. The van der Waals surface area contributed by atoms with Crippen LogP contribution in [0.25, 0.3) is 0 Å². The predicted molar refractivity (Wildman–Crippen MR) is 109 cm³/mol. The Labute approximate surface area is 158 Å². The smallest absolute Gasteiger partial charge is 0.250 e. The molecule has 1 aliphatic heterocycles. The van der Waals surface area contributed by atoms with Crippen molar-refractivity contribution < 1.29 is 0 Å². The number of hydrogen-bond acceptors (Lipinski definition) is 7. The van der Waals surface area contributed by atoms with Crippen molar-refractivity contribution in [2.24, 2.45) is 5.10 Å².